The first-order chi connectivity index (χ1) is 13.1. The number of piperazine rings is 2. The van der Waals surface area contributed by atoms with Gasteiger partial charge in [-0.1, -0.05) is 41.5 Å². The summed E-state index contributed by atoms with van der Waals surface area (Å²) in [4.78, 5) is 9.92. The zero-order valence-electron chi connectivity index (χ0n) is 19.1. The van der Waals surface area contributed by atoms with E-state index in [4.69, 9.17) is 16.7 Å². The molecule has 0 saturated carbocycles. The zero-order valence-corrected chi connectivity index (χ0v) is 19.1. The molecule has 2 saturated heterocycles. The van der Waals surface area contributed by atoms with Crippen LogP contribution in [0, 0.1) is 11.5 Å². The number of likely N-dealkylation sites (N-methyl/N-ethyl adjacent to an activating group) is 2. The molecule has 0 amide bonds. The van der Waals surface area contributed by atoms with Crippen molar-refractivity contribution in [3.05, 3.63) is 0 Å². The van der Waals surface area contributed by atoms with Gasteiger partial charge in [-0.15, -0.1) is 4.99 Å². The number of nitrogens with one attached hydrogen (secondary N) is 1. The molecule has 1 unspecified atom stereocenters. The summed E-state index contributed by atoms with van der Waals surface area (Å²) < 4.78 is 0. The van der Waals surface area contributed by atoms with Crippen LogP contribution in [0.2, 0.25) is 0 Å². The molecule has 0 radical (unpaired) electrons. The molecule has 1 atom stereocenters. The van der Waals surface area contributed by atoms with E-state index in [0.29, 0.717) is 12.0 Å². The van der Waals surface area contributed by atoms with Gasteiger partial charge >= 0.3 is 0 Å². The Balaban J connectivity index is -0.000000341. The summed E-state index contributed by atoms with van der Waals surface area (Å²) in [6.45, 7) is 19.7. The van der Waals surface area contributed by atoms with E-state index in [9.17, 15) is 0 Å². The van der Waals surface area contributed by atoms with Crippen molar-refractivity contribution in [1.82, 2.24) is 20.0 Å². The molecular weight excluding hydrogens is 340 g/mol. The van der Waals surface area contributed by atoms with Crippen molar-refractivity contribution in [2.45, 2.75) is 47.6 Å². The molecule has 0 bridgehead atoms. The maximum atomic E-state index is 8.26. The second kappa shape index (κ2) is 22.6. The highest BCUT2D eigenvalue weighted by atomic mass is 15.3. The van der Waals surface area contributed by atoms with E-state index in [-0.39, 0.29) is 0 Å². The van der Waals surface area contributed by atoms with Crippen LogP contribution < -0.4 is 16.8 Å². The van der Waals surface area contributed by atoms with Crippen LogP contribution in [0.15, 0.2) is 4.99 Å². The molecule has 27 heavy (non-hydrogen) atoms. The Bertz CT molecular complexity index is 359. The third-order valence-electron chi connectivity index (χ3n) is 3.73. The van der Waals surface area contributed by atoms with Gasteiger partial charge in [-0.05, 0) is 14.1 Å². The molecule has 0 aliphatic carbocycles. The number of hydrogen-bond acceptors (Lipinski definition) is 6. The Labute approximate surface area is 168 Å². The molecule has 0 spiro atoms. The van der Waals surface area contributed by atoms with Gasteiger partial charge in [0.25, 0.3) is 0 Å². The van der Waals surface area contributed by atoms with Gasteiger partial charge in [-0.25, -0.2) is 0 Å². The highest BCUT2D eigenvalue weighted by Crippen LogP contribution is 1.97. The standard InChI is InChI=1S/C7H13N5.C6H15N3.3C2H6/c1-11-2-4-12(5-3-11)7(9)10-6-8;1-9-3-2-8-6(4-7)5-9;3*1-2/h2-5H2,1H3,(H2,9,10);6,8H,2-5,7H2,1H3;3*1-2H3. The Morgan fingerprint density at radius 1 is 1.00 bits per heavy atom. The van der Waals surface area contributed by atoms with Crippen molar-refractivity contribution in [1.29, 1.82) is 5.26 Å². The first-order valence-electron chi connectivity index (χ1n) is 10.3. The largest absolute Gasteiger partial charge is 0.369 e. The topological polar surface area (TPSA) is 110 Å². The molecular formula is C19H46N8. The van der Waals surface area contributed by atoms with Gasteiger partial charge in [0, 0.05) is 58.4 Å². The van der Waals surface area contributed by atoms with Crippen molar-refractivity contribution >= 4 is 5.96 Å². The van der Waals surface area contributed by atoms with Gasteiger partial charge in [-0.3, -0.25) is 0 Å². The first-order valence-corrected chi connectivity index (χ1v) is 10.3. The summed E-state index contributed by atoms with van der Waals surface area (Å²) in [6, 6.07) is 0.517. The lowest BCUT2D eigenvalue weighted by Crippen LogP contribution is -2.52. The smallest absolute Gasteiger partial charge is 0.209 e. The van der Waals surface area contributed by atoms with Crippen molar-refractivity contribution in [3.8, 4) is 6.19 Å². The minimum atomic E-state index is 0.339. The van der Waals surface area contributed by atoms with Crippen molar-refractivity contribution in [3.63, 3.8) is 0 Å². The van der Waals surface area contributed by atoms with Crippen LogP contribution >= 0.6 is 0 Å². The molecule has 5 N–H and O–H groups in total. The van der Waals surface area contributed by atoms with E-state index in [1.165, 1.54) is 0 Å². The van der Waals surface area contributed by atoms with Crippen LogP contribution in [0.25, 0.3) is 0 Å². The predicted octanol–water partition coefficient (Wildman–Crippen LogP) is 0.957. The lowest BCUT2D eigenvalue weighted by Gasteiger charge is -2.32. The fourth-order valence-electron chi connectivity index (χ4n) is 2.31. The molecule has 2 fully saturated rings. The normalized spacial score (nSPS) is 20.1. The third-order valence-corrected chi connectivity index (χ3v) is 3.73. The van der Waals surface area contributed by atoms with Crippen LogP contribution in [0.5, 0.6) is 0 Å². The summed E-state index contributed by atoms with van der Waals surface area (Å²) in [5.74, 6) is 0.339. The lowest BCUT2D eigenvalue weighted by atomic mass is 10.2. The molecule has 8 heteroatoms. The van der Waals surface area contributed by atoms with Gasteiger partial charge in [0.2, 0.25) is 12.2 Å². The Hall–Kier alpha value is -1.40. The van der Waals surface area contributed by atoms with E-state index < -0.39 is 0 Å². The summed E-state index contributed by atoms with van der Waals surface area (Å²) >= 11 is 0. The molecule has 0 aromatic rings. The van der Waals surface area contributed by atoms with E-state index >= 15 is 0 Å². The maximum absolute atomic E-state index is 8.26. The second-order valence-corrected chi connectivity index (χ2v) is 5.51. The Morgan fingerprint density at radius 3 is 1.89 bits per heavy atom. The minimum absolute atomic E-state index is 0.339. The van der Waals surface area contributed by atoms with Gasteiger partial charge < -0.3 is 31.5 Å². The van der Waals surface area contributed by atoms with Crippen molar-refractivity contribution in [2.24, 2.45) is 16.5 Å². The number of rotatable bonds is 1. The highest BCUT2D eigenvalue weighted by Gasteiger charge is 2.15. The molecule has 0 aromatic carbocycles. The lowest BCUT2D eigenvalue weighted by molar-refractivity contribution is 0.214. The SMILES string of the molecule is CC.CC.CC.CN1CCN(C(N)=NC#N)CC1.CN1CCNC(CN)C1. The number of nitriles is 1. The second-order valence-electron chi connectivity index (χ2n) is 5.51. The fourth-order valence-corrected chi connectivity index (χ4v) is 2.31. The summed E-state index contributed by atoms with van der Waals surface area (Å²) in [5.41, 5.74) is 11.0. The van der Waals surface area contributed by atoms with Gasteiger partial charge in [0.1, 0.15) is 0 Å². The third kappa shape index (κ3) is 16.5. The molecule has 162 valence electrons. The van der Waals surface area contributed by atoms with Crippen LogP contribution in [0.4, 0.5) is 0 Å². The highest BCUT2D eigenvalue weighted by molar-refractivity contribution is 5.79. The fraction of sp³-hybridized carbons (Fsp3) is 0.895. The monoisotopic (exact) mass is 386 g/mol. The first kappa shape index (κ1) is 30.3. The zero-order chi connectivity index (χ0) is 21.7. The van der Waals surface area contributed by atoms with E-state index in [0.717, 1.165) is 52.4 Å². The Kier molecular flexibility index (Phi) is 25.4. The number of guanidine groups is 1. The van der Waals surface area contributed by atoms with Crippen LogP contribution in [-0.2, 0) is 0 Å². The van der Waals surface area contributed by atoms with E-state index in [1.54, 1.807) is 6.19 Å². The average Bonchev–Trinajstić information content (AvgIpc) is 2.73. The van der Waals surface area contributed by atoms with Crippen molar-refractivity contribution in [2.75, 3.05) is 66.5 Å². The van der Waals surface area contributed by atoms with E-state index in [1.807, 2.05) is 46.4 Å². The van der Waals surface area contributed by atoms with Crippen molar-refractivity contribution < 1.29 is 0 Å². The number of aliphatic imine (C=N–C) groups is 1. The average molecular weight is 387 g/mol. The summed E-state index contributed by atoms with van der Waals surface area (Å²) in [6.07, 6.45) is 1.68. The molecule has 2 rings (SSSR count). The van der Waals surface area contributed by atoms with Crippen LogP contribution in [0.1, 0.15) is 41.5 Å². The van der Waals surface area contributed by atoms with Gasteiger partial charge in [0.05, 0.1) is 0 Å². The number of nitrogens with zero attached hydrogens (tertiary/aromatic N) is 5. The van der Waals surface area contributed by atoms with Crippen LogP contribution in [-0.4, -0.2) is 93.2 Å². The van der Waals surface area contributed by atoms with E-state index in [2.05, 4.69) is 34.2 Å². The molecule has 2 heterocycles. The summed E-state index contributed by atoms with van der Waals surface area (Å²) in [7, 11) is 4.19. The molecule has 0 aromatic heterocycles. The van der Waals surface area contributed by atoms with Gasteiger partial charge in [-0.2, -0.15) is 5.26 Å². The maximum Gasteiger partial charge on any atom is 0.209 e. The van der Waals surface area contributed by atoms with Crippen LogP contribution in [0.3, 0.4) is 0 Å². The molecule has 2 aliphatic heterocycles. The Morgan fingerprint density at radius 2 is 1.52 bits per heavy atom. The number of nitrogens with two attached hydrogens (primary N) is 2. The minimum Gasteiger partial charge on any atom is -0.369 e. The quantitative estimate of drug-likeness (QED) is 0.350. The number of hydrogen-bond donors (Lipinski definition) is 3. The predicted molar refractivity (Wildman–Crippen MR) is 119 cm³/mol. The summed E-state index contributed by atoms with van der Waals surface area (Å²) in [5, 5.41) is 11.6. The molecule has 8 nitrogen and oxygen atoms in total. The van der Waals surface area contributed by atoms with Gasteiger partial charge in [0.15, 0.2) is 0 Å². The molecule has 2 aliphatic rings.